The molecule has 0 bridgehead atoms. The van der Waals surface area contributed by atoms with Crippen LogP contribution in [0.25, 0.3) is 10.9 Å². The topological polar surface area (TPSA) is 62.0 Å². The summed E-state index contributed by atoms with van der Waals surface area (Å²) in [4.78, 5) is 27.3. The average Bonchev–Trinajstić information content (AvgIpc) is 2.73. The van der Waals surface area contributed by atoms with Crippen molar-refractivity contribution in [2.24, 2.45) is 0 Å². The Balaban J connectivity index is 2.36. The van der Waals surface area contributed by atoms with Crippen molar-refractivity contribution in [3.8, 4) is 0 Å². The van der Waals surface area contributed by atoms with Crippen molar-refractivity contribution < 1.29 is 9.59 Å². The number of hydrogen-bond donors (Lipinski definition) is 2. The first-order valence-corrected chi connectivity index (χ1v) is 6.47. The Bertz CT molecular complexity index is 628. The number of rotatable bonds is 4. The first kappa shape index (κ1) is 13.3. The minimum absolute atomic E-state index is 0.00182. The van der Waals surface area contributed by atoms with E-state index in [1.54, 1.807) is 0 Å². The van der Waals surface area contributed by atoms with Gasteiger partial charge in [-0.3, -0.25) is 9.59 Å². The Morgan fingerprint density at radius 3 is 2.68 bits per heavy atom. The molecule has 2 aromatic rings. The molecule has 19 heavy (non-hydrogen) atoms. The number of ketones is 1. The third-order valence-corrected chi connectivity index (χ3v) is 3.32. The van der Waals surface area contributed by atoms with Crippen LogP contribution in [0, 0.1) is 6.92 Å². The summed E-state index contributed by atoms with van der Waals surface area (Å²) in [5, 5.41) is 3.50. The highest BCUT2D eigenvalue weighted by molar-refractivity contribution is 6.45. The van der Waals surface area contributed by atoms with Crippen LogP contribution in [0.2, 0.25) is 0 Å². The van der Waals surface area contributed by atoms with E-state index in [9.17, 15) is 9.59 Å². The quantitative estimate of drug-likeness (QED) is 0.654. The molecule has 4 heteroatoms. The fraction of sp³-hybridized carbons (Fsp3) is 0.333. The molecule has 1 atom stereocenters. The zero-order valence-electron chi connectivity index (χ0n) is 11.4. The smallest absolute Gasteiger partial charge is 0.292 e. The summed E-state index contributed by atoms with van der Waals surface area (Å²) in [5.41, 5.74) is 2.07. The number of aromatic amines is 1. The van der Waals surface area contributed by atoms with Gasteiger partial charge in [-0.1, -0.05) is 25.1 Å². The number of aryl methyl sites for hydroxylation is 1. The summed E-state index contributed by atoms with van der Waals surface area (Å²) in [6, 6.07) is 7.50. The number of para-hydroxylation sites is 1. The van der Waals surface area contributed by atoms with Crippen molar-refractivity contribution in [3.63, 3.8) is 0 Å². The second kappa shape index (κ2) is 5.26. The number of amides is 1. The Morgan fingerprint density at radius 1 is 1.32 bits per heavy atom. The van der Waals surface area contributed by atoms with Crippen molar-refractivity contribution in [1.82, 2.24) is 10.3 Å². The van der Waals surface area contributed by atoms with E-state index in [2.05, 4.69) is 10.3 Å². The Labute approximate surface area is 112 Å². The standard InChI is InChI=1S/C15H18N2O2/c1-4-9(2)16-15(19)14(18)13-10(3)17-12-8-6-5-7-11(12)13/h5-9,17H,4H2,1-3H3,(H,16,19). The minimum atomic E-state index is -0.540. The monoisotopic (exact) mass is 258 g/mol. The third-order valence-electron chi connectivity index (χ3n) is 3.32. The number of carbonyl (C=O) groups excluding carboxylic acids is 2. The van der Waals surface area contributed by atoms with E-state index in [1.165, 1.54) is 0 Å². The fourth-order valence-corrected chi connectivity index (χ4v) is 2.07. The van der Waals surface area contributed by atoms with Crippen LogP contribution >= 0.6 is 0 Å². The molecule has 4 nitrogen and oxygen atoms in total. The maximum atomic E-state index is 12.3. The van der Waals surface area contributed by atoms with Gasteiger partial charge in [-0.05, 0) is 26.3 Å². The number of benzene rings is 1. The van der Waals surface area contributed by atoms with Gasteiger partial charge >= 0.3 is 0 Å². The normalized spacial score (nSPS) is 12.4. The summed E-state index contributed by atoms with van der Waals surface area (Å²) >= 11 is 0. The van der Waals surface area contributed by atoms with E-state index in [0.717, 1.165) is 23.0 Å². The number of Topliss-reactive ketones (excluding diaryl/α,β-unsaturated/α-hetero) is 1. The summed E-state index contributed by atoms with van der Waals surface area (Å²) < 4.78 is 0. The molecule has 2 rings (SSSR count). The molecule has 0 spiro atoms. The Morgan fingerprint density at radius 2 is 2.00 bits per heavy atom. The molecule has 1 unspecified atom stereocenters. The van der Waals surface area contributed by atoms with Crippen LogP contribution in [0.5, 0.6) is 0 Å². The van der Waals surface area contributed by atoms with Gasteiger partial charge < -0.3 is 10.3 Å². The first-order valence-electron chi connectivity index (χ1n) is 6.47. The van der Waals surface area contributed by atoms with Gasteiger partial charge in [0.2, 0.25) is 0 Å². The zero-order chi connectivity index (χ0) is 14.0. The predicted molar refractivity (Wildman–Crippen MR) is 75.3 cm³/mol. The molecular weight excluding hydrogens is 240 g/mol. The molecule has 100 valence electrons. The molecule has 2 N–H and O–H groups in total. The average molecular weight is 258 g/mol. The molecule has 0 fully saturated rings. The minimum Gasteiger partial charge on any atom is -0.358 e. The van der Waals surface area contributed by atoms with E-state index < -0.39 is 11.7 Å². The van der Waals surface area contributed by atoms with Gasteiger partial charge in [-0.15, -0.1) is 0 Å². The summed E-state index contributed by atoms with van der Waals surface area (Å²) in [6.07, 6.45) is 0.798. The largest absolute Gasteiger partial charge is 0.358 e. The van der Waals surface area contributed by atoms with Crippen LogP contribution in [0.3, 0.4) is 0 Å². The highest BCUT2D eigenvalue weighted by Gasteiger charge is 2.23. The van der Waals surface area contributed by atoms with E-state index in [1.807, 2.05) is 45.0 Å². The molecule has 0 aliphatic carbocycles. The maximum Gasteiger partial charge on any atom is 0.292 e. The van der Waals surface area contributed by atoms with Crippen LogP contribution in [-0.2, 0) is 4.79 Å². The van der Waals surface area contributed by atoms with Crippen molar-refractivity contribution >= 4 is 22.6 Å². The lowest BCUT2D eigenvalue weighted by atomic mass is 10.1. The number of nitrogens with one attached hydrogen (secondary N) is 2. The highest BCUT2D eigenvalue weighted by atomic mass is 16.2. The predicted octanol–water partition coefficient (Wildman–Crippen LogP) is 2.57. The van der Waals surface area contributed by atoms with Crippen molar-refractivity contribution in [1.29, 1.82) is 0 Å². The van der Waals surface area contributed by atoms with E-state index >= 15 is 0 Å². The van der Waals surface area contributed by atoms with Gasteiger partial charge in [0, 0.05) is 22.6 Å². The van der Waals surface area contributed by atoms with Crippen LogP contribution in [0.1, 0.15) is 36.3 Å². The lowest BCUT2D eigenvalue weighted by Gasteiger charge is -2.10. The van der Waals surface area contributed by atoms with Gasteiger partial charge in [0.25, 0.3) is 11.7 Å². The van der Waals surface area contributed by atoms with Crippen molar-refractivity contribution in [2.75, 3.05) is 0 Å². The Hall–Kier alpha value is -2.10. The molecule has 1 aromatic carbocycles. The number of H-pyrrole nitrogens is 1. The van der Waals surface area contributed by atoms with Gasteiger partial charge in [0.1, 0.15) is 0 Å². The molecule has 0 aliphatic rings. The van der Waals surface area contributed by atoms with E-state index in [4.69, 9.17) is 0 Å². The summed E-state index contributed by atoms with van der Waals surface area (Å²) in [5.74, 6) is -1.02. The number of carbonyl (C=O) groups is 2. The third kappa shape index (κ3) is 2.52. The number of aromatic nitrogens is 1. The number of fused-ring (bicyclic) bond motifs is 1. The lowest BCUT2D eigenvalue weighted by Crippen LogP contribution is -2.37. The molecule has 0 aliphatic heterocycles. The molecule has 0 radical (unpaired) electrons. The molecular formula is C15H18N2O2. The van der Waals surface area contributed by atoms with Gasteiger partial charge in [-0.2, -0.15) is 0 Å². The van der Waals surface area contributed by atoms with Crippen LogP contribution in [0.4, 0.5) is 0 Å². The SMILES string of the molecule is CCC(C)NC(=O)C(=O)c1c(C)[nH]c2ccccc12. The summed E-state index contributed by atoms with van der Waals surface area (Å²) in [6.45, 7) is 5.66. The van der Waals surface area contributed by atoms with Gasteiger partial charge in [-0.25, -0.2) is 0 Å². The zero-order valence-corrected chi connectivity index (χ0v) is 11.4. The van der Waals surface area contributed by atoms with Crippen LogP contribution < -0.4 is 5.32 Å². The first-order chi connectivity index (χ1) is 9.04. The van der Waals surface area contributed by atoms with E-state index in [0.29, 0.717) is 5.56 Å². The number of hydrogen-bond acceptors (Lipinski definition) is 2. The second-order valence-electron chi connectivity index (χ2n) is 4.78. The van der Waals surface area contributed by atoms with E-state index in [-0.39, 0.29) is 6.04 Å². The molecule has 0 saturated carbocycles. The van der Waals surface area contributed by atoms with Gasteiger partial charge in [0.15, 0.2) is 0 Å². The van der Waals surface area contributed by atoms with Crippen LogP contribution in [-0.4, -0.2) is 22.7 Å². The van der Waals surface area contributed by atoms with Crippen molar-refractivity contribution in [2.45, 2.75) is 33.2 Å². The maximum absolute atomic E-state index is 12.3. The van der Waals surface area contributed by atoms with Crippen molar-refractivity contribution in [3.05, 3.63) is 35.5 Å². The van der Waals surface area contributed by atoms with Gasteiger partial charge in [0.05, 0.1) is 5.56 Å². The second-order valence-corrected chi connectivity index (χ2v) is 4.78. The fourth-order valence-electron chi connectivity index (χ4n) is 2.07. The summed E-state index contributed by atoms with van der Waals surface area (Å²) in [7, 11) is 0. The molecule has 1 amide bonds. The molecule has 0 saturated heterocycles. The Kier molecular flexibility index (Phi) is 3.69. The van der Waals surface area contributed by atoms with Crippen LogP contribution in [0.15, 0.2) is 24.3 Å². The highest BCUT2D eigenvalue weighted by Crippen LogP contribution is 2.22. The molecule has 1 aromatic heterocycles. The molecule has 1 heterocycles. The lowest BCUT2D eigenvalue weighted by molar-refractivity contribution is -0.117.